The molecule has 0 aromatic rings. The van der Waals surface area contributed by atoms with Crippen molar-refractivity contribution in [3.63, 3.8) is 0 Å². The first-order chi connectivity index (χ1) is 6.69. The molecule has 0 amide bonds. The molecule has 2 nitrogen and oxygen atoms in total. The Bertz CT molecular complexity index is 292. The molecule has 0 aromatic carbocycles. The molecule has 76 valence electrons. The lowest BCUT2D eigenvalue weighted by molar-refractivity contribution is 0.209. The number of azo groups is 1. The molecule has 14 heavy (non-hydrogen) atoms. The second-order valence-corrected chi connectivity index (χ2v) is 6.43. The molecule has 3 fully saturated rings. The summed E-state index contributed by atoms with van der Waals surface area (Å²) in [5, 5.41) is 9.09. The number of hydrogen-bond acceptors (Lipinski definition) is 2. The third-order valence-electron chi connectivity index (χ3n) is 5.62. The van der Waals surface area contributed by atoms with E-state index < -0.39 is 0 Å². The fraction of sp³-hybridized carbons (Fsp3) is 1.00. The molecule has 1 unspecified atom stereocenters. The molecule has 1 aliphatic heterocycles. The van der Waals surface area contributed by atoms with Crippen LogP contribution in [-0.4, -0.2) is 12.1 Å². The summed E-state index contributed by atoms with van der Waals surface area (Å²) in [5.41, 5.74) is 0.386. The summed E-state index contributed by atoms with van der Waals surface area (Å²) in [7, 11) is 0. The number of nitrogens with zero attached hydrogens (tertiary/aromatic N) is 2. The molecule has 4 aliphatic rings. The molecule has 4 bridgehead atoms. The van der Waals surface area contributed by atoms with Crippen molar-refractivity contribution < 1.29 is 0 Å². The van der Waals surface area contributed by atoms with Crippen LogP contribution in [0.2, 0.25) is 0 Å². The van der Waals surface area contributed by atoms with Crippen LogP contribution in [0.3, 0.4) is 0 Å². The zero-order chi connectivity index (χ0) is 9.50. The quantitative estimate of drug-likeness (QED) is 0.525. The summed E-state index contributed by atoms with van der Waals surface area (Å²) in [5.74, 6) is 3.87. The first kappa shape index (κ1) is 7.84. The van der Waals surface area contributed by atoms with Crippen LogP contribution >= 0.6 is 0 Å². The van der Waals surface area contributed by atoms with Crippen LogP contribution in [0.25, 0.3) is 0 Å². The lowest BCUT2D eigenvalue weighted by Gasteiger charge is -2.29. The molecule has 3 saturated carbocycles. The lowest BCUT2D eigenvalue weighted by Crippen LogP contribution is -2.29. The van der Waals surface area contributed by atoms with Crippen molar-refractivity contribution in [2.75, 3.05) is 0 Å². The van der Waals surface area contributed by atoms with Crippen molar-refractivity contribution >= 4 is 0 Å². The van der Waals surface area contributed by atoms with E-state index in [4.69, 9.17) is 0 Å². The van der Waals surface area contributed by atoms with Crippen LogP contribution in [-0.2, 0) is 0 Å². The Balaban J connectivity index is 1.83. The van der Waals surface area contributed by atoms with Crippen LogP contribution in [0.1, 0.15) is 33.1 Å². The van der Waals surface area contributed by atoms with E-state index in [9.17, 15) is 0 Å². The highest BCUT2D eigenvalue weighted by Gasteiger charge is 2.67. The van der Waals surface area contributed by atoms with Crippen LogP contribution in [0, 0.1) is 29.1 Å². The summed E-state index contributed by atoms with van der Waals surface area (Å²) >= 11 is 0. The largest absolute Gasteiger partial charge is 0.190 e. The summed E-state index contributed by atoms with van der Waals surface area (Å²) < 4.78 is 0. The molecule has 2 heteroatoms. The van der Waals surface area contributed by atoms with E-state index in [0.717, 1.165) is 23.7 Å². The van der Waals surface area contributed by atoms with E-state index in [0.29, 0.717) is 17.5 Å². The molecule has 0 N–H and O–H groups in total. The van der Waals surface area contributed by atoms with E-state index in [1.807, 2.05) is 0 Å². The van der Waals surface area contributed by atoms with Gasteiger partial charge >= 0.3 is 0 Å². The van der Waals surface area contributed by atoms with Crippen LogP contribution in [0.4, 0.5) is 0 Å². The van der Waals surface area contributed by atoms with Gasteiger partial charge in [0.1, 0.15) is 0 Å². The van der Waals surface area contributed by atoms with Gasteiger partial charge in [-0.15, -0.1) is 0 Å². The van der Waals surface area contributed by atoms with E-state index >= 15 is 0 Å². The normalized spacial score (nSPS) is 61.0. The van der Waals surface area contributed by atoms with Gasteiger partial charge in [-0.3, -0.25) is 0 Å². The molecular weight excluding hydrogens is 172 g/mol. The highest BCUT2D eigenvalue weighted by Crippen LogP contribution is 2.66. The van der Waals surface area contributed by atoms with Crippen LogP contribution < -0.4 is 0 Å². The molecule has 6 atom stereocenters. The number of fused-ring (bicyclic) bond motifs is 9. The van der Waals surface area contributed by atoms with Gasteiger partial charge in [0.05, 0.1) is 12.1 Å². The minimum absolute atomic E-state index is 0.386. The van der Waals surface area contributed by atoms with Crippen molar-refractivity contribution in [1.29, 1.82) is 0 Å². The summed E-state index contributed by atoms with van der Waals surface area (Å²) in [6, 6.07) is 1.15. The Morgan fingerprint density at radius 1 is 0.929 bits per heavy atom. The van der Waals surface area contributed by atoms with Gasteiger partial charge in [0.25, 0.3) is 0 Å². The predicted octanol–water partition coefficient (Wildman–Crippen LogP) is 2.89. The van der Waals surface area contributed by atoms with Gasteiger partial charge in [-0.25, -0.2) is 0 Å². The van der Waals surface area contributed by atoms with Gasteiger partial charge in [0, 0.05) is 5.41 Å². The third-order valence-corrected chi connectivity index (χ3v) is 5.62. The smallest absolute Gasteiger partial charge is 0.0814 e. The van der Waals surface area contributed by atoms with Gasteiger partial charge in [-0.1, -0.05) is 13.8 Å². The minimum atomic E-state index is 0.386. The Morgan fingerprint density at radius 2 is 1.43 bits per heavy atom. The third kappa shape index (κ3) is 0.627. The van der Waals surface area contributed by atoms with Crippen LogP contribution in [0.15, 0.2) is 10.2 Å². The molecule has 1 heterocycles. The van der Waals surface area contributed by atoms with Gasteiger partial charge in [0.15, 0.2) is 0 Å². The first-order valence-corrected chi connectivity index (χ1v) is 6.09. The van der Waals surface area contributed by atoms with Gasteiger partial charge in [-0.05, 0) is 42.9 Å². The average Bonchev–Trinajstić information content (AvgIpc) is 2.84. The first-order valence-electron chi connectivity index (χ1n) is 6.09. The molecule has 0 saturated heterocycles. The second-order valence-electron chi connectivity index (χ2n) is 6.43. The zero-order valence-electron chi connectivity index (χ0n) is 8.98. The predicted molar refractivity (Wildman–Crippen MR) is 54.0 cm³/mol. The Labute approximate surface area is 85.2 Å². The lowest BCUT2D eigenvalue weighted by atomic mass is 9.79. The monoisotopic (exact) mass is 190 g/mol. The number of hydrogen-bond donors (Lipinski definition) is 0. The summed E-state index contributed by atoms with van der Waals surface area (Å²) in [4.78, 5) is 0. The maximum absolute atomic E-state index is 4.54. The topological polar surface area (TPSA) is 24.7 Å². The standard InChI is InChI=1S/C12H18N2/c1-12(2)10-8-6-3-4-7(5-6)9(8)11(12)14-13-10/h6-11H,3-5H2,1-2H3/t6-,7-,8+,9?,10+,11-/m1/s1. The van der Waals surface area contributed by atoms with E-state index in [2.05, 4.69) is 24.1 Å². The fourth-order valence-electron chi connectivity index (χ4n) is 5.08. The van der Waals surface area contributed by atoms with Gasteiger partial charge in [-0.2, -0.15) is 10.2 Å². The van der Waals surface area contributed by atoms with E-state index in [1.54, 1.807) is 0 Å². The van der Waals surface area contributed by atoms with Gasteiger partial charge < -0.3 is 0 Å². The fourth-order valence-corrected chi connectivity index (χ4v) is 5.08. The highest BCUT2D eigenvalue weighted by molar-refractivity contribution is 5.19. The molecule has 0 radical (unpaired) electrons. The van der Waals surface area contributed by atoms with Crippen molar-refractivity contribution in [1.82, 2.24) is 0 Å². The Morgan fingerprint density at radius 3 is 1.93 bits per heavy atom. The Hall–Kier alpha value is -0.400. The van der Waals surface area contributed by atoms with Gasteiger partial charge in [0.2, 0.25) is 0 Å². The minimum Gasteiger partial charge on any atom is -0.190 e. The number of rotatable bonds is 0. The maximum atomic E-state index is 4.54. The summed E-state index contributed by atoms with van der Waals surface area (Å²) in [6.07, 6.45) is 4.48. The highest BCUT2D eigenvalue weighted by atomic mass is 15.2. The van der Waals surface area contributed by atoms with Crippen molar-refractivity contribution in [2.45, 2.75) is 45.2 Å². The van der Waals surface area contributed by atoms with Crippen molar-refractivity contribution in [3.8, 4) is 0 Å². The van der Waals surface area contributed by atoms with E-state index in [1.165, 1.54) is 19.3 Å². The zero-order valence-corrected chi connectivity index (χ0v) is 8.98. The van der Waals surface area contributed by atoms with Crippen molar-refractivity contribution in [2.24, 2.45) is 39.3 Å². The molecule has 0 aromatic heterocycles. The molecule has 0 spiro atoms. The molecule has 3 aliphatic carbocycles. The maximum Gasteiger partial charge on any atom is 0.0814 e. The average molecular weight is 190 g/mol. The van der Waals surface area contributed by atoms with E-state index in [-0.39, 0.29) is 0 Å². The molecule has 4 rings (SSSR count). The summed E-state index contributed by atoms with van der Waals surface area (Å²) in [6.45, 7) is 4.78. The van der Waals surface area contributed by atoms with Crippen LogP contribution in [0.5, 0.6) is 0 Å². The SMILES string of the molecule is CC1(C)[C@@H]2N=N[C@H]1[C@@H]1C2[C@@H]2CC[C@@H]1C2. The molecular formula is C12H18N2. The van der Waals surface area contributed by atoms with Crippen molar-refractivity contribution in [3.05, 3.63) is 0 Å². The second kappa shape index (κ2) is 2.07. The Kier molecular flexibility index (Phi) is 1.16.